The van der Waals surface area contributed by atoms with Crippen LogP contribution in [0, 0.1) is 6.92 Å². The maximum Gasteiger partial charge on any atom is 0.411 e. The number of nitrogens with zero attached hydrogens (tertiary/aromatic N) is 6. The maximum atomic E-state index is 12.7. The van der Waals surface area contributed by atoms with Crippen molar-refractivity contribution in [2.45, 2.75) is 39.6 Å². The normalized spacial score (nSPS) is 15.2. The highest BCUT2D eigenvalue weighted by Gasteiger charge is 2.28. The molecule has 4 heterocycles. The van der Waals surface area contributed by atoms with E-state index < -0.39 is 18.9 Å². The van der Waals surface area contributed by atoms with Gasteiger partial charge in [-0.05, 0) is 38.5 Å². The summed E-state index contributed by atoms with van der Waals surface area (Å²) in [6.45, 7) is 8.65. The fourth-order valence-corrected chi connectivity index (χ4v) is 4.19. The number of alkyl halides is 3. The number of ether oxygens (including phenoxy) is 3. The topological polar surface area (TPSA) is 111 Å². The third-order valence-electron chi connectivity index (χ3n) is 6.06. The highest BCUT2D eigenvalue weighted by atomic mass is 19.4. The van der Waals surface area contributed by atoms with Crippen LogP contribution in [0.2, 0.25) is 0 Å². The van der Waals surface area contributed by atoms with E-state index in [1.165, 1.54) is 0 Å². The molecule has 1 fully saturated rings. The van der Waals surface area contributed by atoms with Crippen molar-refractivity contribution < 1.29 is 27.4 Å². The smallest absolute Gasteiger partial charge is 0.379 e. The highest BCUT2D eigenvalue weighted by Crippen LogP contribution is 2.32. The summed E-state index contributed by atoms with van der Waals surface area (Å²) in [5.74, 6) is 1.54. The number of pyridine rings is 1. The molecular weight excluding hydrogens is 517 g/mol. The van der Waals surface area contributed by atoms with Crippen LogP contribution in [-0.2, 0) is 20.8 Å². The minimum atomic E-state index is -4.41. The van der Waals surface area contributed by atoms with Gasteiger partial charge in [0.25, 0.3) is 0 Å². The molecule has 1 unspecified atom stereocenters. The molecule has 2 N–H and O–H groups in total. The second-order valence-electron chi connectivity index (χ2n) is 9.14. The average Bonchev–Trinajstić information content (AvgIpc) is 3.28. The number of fused-ring (bicyclic) bond motifs is 1. The molecule has 3 aromatic heterocycles. The molecule has 214 valence electrons. The number of anilines is 3. The van der Waals surface area contributed by atoms with Gasteiger partial charge in [0.15, 0.2) is 5.82 Å². The van der Waals surface area contributed by atoms with Crippen molar-refractivity contribution >= 4 is 28.6 Å². The minimum absolute atomic E-state index is 0.0600. The molecule has 3 aromatic rings. The molecule has 0 amide bonds. The lowest BCUT2D eigenvalue weighted by molar-refractivity contribution is -0.174. The Balaban J connectivity index is 1.75. The second-order valence-corrected chi connectivity index (χ2v) is 9.14. The van der Waals surface area contributed by atoms with Crippen molar-refractivity contribution in [3.05, 3.63) is 29.6 Å². The van der Waals surface area contributed by atoms with Gasteiger partial charge in [-0.1, -0.05) is 0 Å². The summed E-state index contributed by atoms with van der Waals surface area (Å²) in [5, 5.41) is 11.3. The van der Waals surface area contributed by atoms with E-state index in [1.54, 1.807) is 10.9 Å². The molecule has 1 aliphatic rings. The van der Waals surface area contributed by atoms with Gasteiger partial charge in [-0.15, -0.1) is 0 Å². The fraction of sp³-hybridized carbons (Fsp3) is 0.600. The third-order valence-corrected chi connectivity index (χ3v) is 6.06. The quantitative estimate of drug-likeness (QED) is 0.306. The Bertz CT molecular complexity index is 1220. The van der Waals surface area contributed by atoms with Crippen LogP contribution in [0.4, 0.5) is 30.8 Å². The molecule has 14 heteroatoms. The van der Waals surface area contributed by atoms with E-state index >= 15 is 0 Å². The van der Waals surface area contributed by atoms with E-state index in [2.05, 4.69) is 20.5 Å². The largest absolute Gasteiger partial charge is 0.411 e. The first-order valence-corrected chi connectivity index (χ1v) is 13.0. The van der Waals surface area contributed by atoms with Gasteiger partial charge in [-0.3, -0.25) is 4.68 Å². The zero-order valence-corrected chi connectivity index (χ0v) is 22.4. The molecule has 0 aliphatic carbocycles. The van der Waals surface area contributed by atoms with E-state index in [9.17, 15) is 13.2 Å². The van der Waals surface area contributed by atoms with Crippen molar-refractivity contribution in [2.24, 2.45) is 0 Å². The minimum Gasteiger partial charge on any atom is -0.379 e. The number of halogens is 3. The summed E-state index contributed by atoms with van der Waals surface area (Å²) >= 11 is 0. The molecule has 11 nitrogen and oxygen atoms in total. The van der Waals surface area contributed by atoms with Crippen LogP contribution < -0.4 is 15.5 Å². The van der Waals surface area contributed by atoms with Gasteiger partial charge in [0.1, 0.15) is 35.3 Å². The van der Waals surface area contributed by atoms with E-state index in [0.717, 1.165) is 31.7 Å². The van der Waals surface area contributed by atoms with E-state index in [1.807, 2.05) is 32.9 Å². The zero-order valence-electron chi connectivity index (χ0n) is 22.4. The molecule has 0 saturated carbocycles. The fourth-order valence-electron chi connectivity index (χ4n) is 4.19. The predicted octanol–water partition coefficient (Wildman–Crippen LogP) is 3.38. The molecule has 4 rings (SSSR count). The number of nitrogens with one attached hydrogen (secondary N) is 2. The molecular formula is C25H35F3N8O3. The number of aryl methyl sites for hydroxylation is 1. The molecule has 1 aliphatic heterocycles. The van der Waals surface area contributed by atoms with Gasteiger partial charge in [-0.2, -0.15) is 23.3 Å². The van der Waals surface area contributed by atoms with Crippen molar-refractivity contribution in [1.82, 2.24) is 30.0 Å². The monoisotopic (exact) mass is 552 g/mol. The highest BCUT2D eigenvalue weighted by molar-refractivity contribution is 5.90. The Morgan fingerprint density at radius 3 is 2.64 bits per heavy atom. The van der Waals surface area contributed by atoms with Crippen LogP contribution >= 0.6 is 0 Å². The van der Waals surface area contributed by atoms with Gasteiger partial charge in [0, 0.05) is 39.0 Å². The summed E-state index contributed by atoms with van der Waals surface area (Å²) in [6, 6.07) is 3.76. The molecule has 0 spiro atoms. The van der Waals surface area contributed by atoms with E-state index in [0.29, 0.717) is 54.1 Å². The first-order valence-electron chi connectivity index (χ1n) is 13.0. The van der Waals surface area contributed by atoms with E-state index in [-0.39, 0.29) is 13.2 Å². The summed E-state index contributed by atoms with van der Waals surface area (Å²) in [7, 11) is 0. The number of aromatic nitrogens is 5. The van der Waals surface area contributed by atoms with Crippen LogP contribution in [0.3, 0.4) is 0 Å². The van der Waals surface area contributed by atoms with Crippen molar-refractivity contribution in [3.63, 3.8) is 0 Å². The Kier molecular flexibility index (Phi) is 9.88. The summed E-state index contributed by atoms with van der Waals surface area (Å²) in [4.78, 5) is 16.2. The molecule has 39 heavy (non-hydrogen) atoms. The number of hydrogen-bond donors (Lipinski definition) is 2. The van der Waals surface area contributed by atoms with Crippen molar-refractivity contribution in [1.29, 1.82) is 0 Å². The Morgan fingerprint density at radius 1 is 1.13 bits per heavy atom. The lowest BCUT2D eigenvalue weighted by Gasteiger charge is -2.27. The third kappa shape index (κ3) is 7.97. The molecule has 0 radical (unpaired) electrons. The van der Waals surface area contributed by atoms with Crippen LogP contribution in [-0.4, -0.2) is 90.1 Å². The van der Waals surface area contributed by atoms with Gasteiger partial charge in [0.2, 0.25) is 5.95 Å². The lowest BCUT2D eigenvalue weighted by Crippen LogP contribution is -2.44. The predicted molar refractivity (Wildman–Crippen MR) is 140 cm³/mol. The zero-order chi connectivity index (χ0) is 27.8. The summed E-state index contributed by atoms with van der Waals surface area (Å²) < 4.78 is 55.8. The molecule has 0 bridgehead atoms. The Hall–Kier alpha value is -3.07. The first kappa shape index (κ1) is 28.9. The summed E-state index contributed by atoms with van der Waals surface area (Å²) in [5.41, 5.74) is 2.64. The SMILES string of the molecule is CCOCCOC(C)c1nn(CCOCC(F)(F)F)c2c(Nc3cc(C)ccn3)nc(N3CCNCC3)nc12. The number of hydrogen-bond acceptors (Lipinski definition) is 10. The van der Waals surface area contributed by atoms with Crippen LogP contribution in [0.5, 0.6) is 0 Å². The standard InChI is InChI=1S/C25H35F3N8O3/c1-4-37-13-14-39-18(3)20-21-22(36(34-20)11-12-38-16-25(26,27)28)23(31-19-15-17(2)5-6-30-19)33-24(32-21)35-9-7-29-8-10-35/h5-6,15,18,29H,4,7-14,16H2,1-3H3,(H,30,31,32,33). The van der Waals surface area contributed by atoms with E-state index in [4.69, 9.17) is 29.3 Å². The molecule has 1 atom stereocenters. The summed E-state index contributed by atoms with van der Waals surface area (Å²) in [6.07, 6.45) is -3.18. The number of piperazine rings is 1. The Labute approximate surface area is 225 Å². The lowest BCUT2D eigenvalue weighted by atomic mass is 10.2. The van der Waals surface area contributed by atoms with Crippen molar-refractivity contribution in [2.75, 3.05) is 69.4 Å². The Morgan fingerprint density at radius 2 is 1.92 bits per heavy atom. The average molecular weight is 553 g/mol. The molecule has 1 saturated heterocycles. The first-order chi connectivity index (χ1) is 18.7. The van der Waals surface area contributed by atoms with Gasteiger partial charge in [-0.25, -0.2) is 9.97 Å². The maximum absolute atomic E-state index is 12.7. The second kappa shape index (κ2) is 13.3. The van der Waals surface area contributed by atoms with Crippen molar-refractivity contribution in [3.8, 4) is 0 Å². The van der Waals surface area contributed by atoms with Gasteiger partial charge in [0.05, 0.1) is 26.4 Å². The van der Waals surface area contributed by atoms with Gasteiger partial charge < -0.3 is 29.7 Å². The van der Waals surface area contributed by atoms with Crippen LogP contribution in [0.1, 0.15) is 31.2 Å². The molecule has 0 aromatic carbocycles. The van der Waals surface area contributed by atoms with Crippen LogP contribution in [0.15, 0.2) is 18.3 Å². The number of rotatable bonds is 13. The van der Waals surface area contributed by atoms with Crippen LogP contribution in [0.25, 0.3) is 11.0 Å². The van der Waals surface area contributed by atoms with Gasteiger partial charge >= 0.3 is 6.18 Å².